The van der Waals surface area contributed by atoms with Gasteiger partial charge in [0.1, 0.15) is 18.1 Å². The lowest BCUT2D eigenvalue weighted by Gasteiger charge is -2.36. The Labute approximate surface area is 130 Å². The van der Waals surface area contributed by atoms with E-state index in [1.54, 1.807) is 12.4 Å². The highest BCUT2D eigenvalue weighted by molar-refractivity contribution is 6.74. The van der Waals surface area contributed by atoms with Crippen LogP contribution in [0.1, 0.15) is 34.6 Å². The molecule has 0 bridgehead atoms. The van der Waals surface area contributed by atoms with E-state index in [0.717, 1.165) is 5.75 Å². The second-order valence-corrected chi connectivity index (χ2v) is 11.8. The topological polar surface area (TPSA) is 40.6 Å². The lowest BCUT2D eigenvalue weighted by atomic mass is 10.2. The van der Waals surface area contributed by atoms with Gasteiger partial charge in [-0.3, -0.25) is 4.98 Å². The third-order valence-corrected chi connectivity index (χ3v) is 8.22. The molecule has 120 valence electrons. The van der Waals surface area contributed by atoms with Crippen LogP contribution in [0.2, 0.25) is 18.1 Å². The van der Waals surface area contributed by atoms with Crippen molar-refractivity contribution >= 4 is 8.32 Å². The molecule has 1 aromatic rings. The number of hydrogen-bond donors (Lipinski definition) is 0. The second kappa shape index (κ2) is 7.27. The highest BCUT2D eigenvalue weighted by atomic mass is 28.4. The summed E-state index contributed by atoms with van der Waals surface area (Å²) in [5, 5.41) is 0.222. The zero-order valence-corrected chi connectivity index (χ0v) is 15.4. The first-order valence-corrected chi connectivity index (χ1v) is 10.4. The van der Waals surface area contributed by atoms with Crippen molar-refractivity contribution in [1.82, 2.24) is 4.98 Å². The van der Waals surface area contributed by atoms with Gasteiger partial charge in [0.15, 0.2) is 8.32 Å². The predicted molar refractivity (Wildman–Crippen MR) is 88.6 cm³/mol. The van der Waals surface area contributed by atoms with Gasteiger partial charge in [-0.1, -0.05) is 20.8 Å². The van der Waals surface area contributed by atoms with Crippen molar-refractivity contribution in [2.24, 2.45) is 0 Å². The van der Waals surface area contributed by atoms with Crippen LogP contribution in [0, 0.1) is 0 Å². The van der Waals surface area contributed by atoms with E-state index in [4.69, 9.17) is 13.9 Å². The fourth-order valence-electron chi connectivity index (χ4n) is 1.49. The van der Waals surface area contributed by atoms with E-state index in [1.165, 1.54) is 0 Å². The summed E-state index contributed by atoms with van der Waals surface area (Å²) in [6.45, 7) is 16.3. The predicted octanol–water partition coefficient (Wildman–Crippen LogP) is 4.27. The molecule has 0 atom stereocenters. The van der Waals surface area contributed by atoms with Gasteiger partial charge in [0.05, 0.1) is 25.1 Å². The van der Waals surface area contributed by atoms with Crippen LogP contribution in [0.25, 0.3) is 0 Å². The molecule has 1 aromatic heterocycles. The molecule has 0 saturated carbocycles. The zero-order chi connectivity index (χ0) is 16.1. The van der Waals surface area contributed by atoms with Gasteiger partial charge in [0.25, 0.3) is 0 Å². The van der Waals surface area contributed by atoms with Crippen LogP contribution in [0.15, 0.2) is 18.5 Å². The molecule has 0 saturated heterocycles. The molecule has 0 N–H and O–H groups in total. The van der Waals surface area contributed by atoms with Gasteiger partial charge in [0, 0.05) is 6.07 Å². The Hall–Kier alpha value is -1.07. The van der Waals surface area contributed by atoms with E-state index < -0.39 is 8.32 Å². The van der Waals surface area contributed by atoms with Crippen molar-refractivity contribution in [1.29, 1.82) is 0 Å². The first-order valence-electron chi connectivity index (χ1n) is 7.50. The van der Waals surface area contributed by atoms with Crippen LogP contribution in [-0.2, 0) is 4.43 Å². The number of aromatic nitrogens is 1. The molecule has 0 aliphatic heterocycles. The molecule has 0 aliphatic rings. The second-order valence-electron chi connectivity index (χ2n) is 6.98. The Kier molecular flexibility index (Phi) is 6.22. The van der Waals surface area contributed by atoms with Gasteiger partial charge >= 0.3 is 0 Å². The normalized spacial score (nSPS) is 12.6. The number of pyridine rings is 1. The monoisotopic (exact) mass is 311 g/mol. The van der Waals surface area contributed by atoms with Crippen LogP contribution in [-0.4, -0.2) is 32.6 Å². The Morgan fingerprint density at radius 1 is 1.10 bits per heavy atom. The summed E-state index contributed by atoms with van der Waals surface area (Å²) in [5.74, 6) is 1.44. The van der Waals surface area contributed by atoms with Crippen LogP contribution >= 0.6 is 0 Å². The van der Waals surface area contributed by atoms with Gasteiger partial charge in [-0.25, -0.2) is 0 Å². The van der Waals surface area contributed by atoms with Gasteiger partial charge in [-0.2, -0.15) is 0 Å². The lowest BCUT2D eigenvalue weighted by Crippen LogP contribution is -2.41. The molecule has 0 spiro atoms. The maximum atomic E-state index is 6.07. The van der Waals surface area contributed by atoms with Crippen LogP contribution in [0.3, 0.4) is 0 Å². The summed E-state index contributed by atoms with van der Waals surface area (Å²) in [4.78, 5) is 4.12. The Morgan fingerprint density at radius 2 is 1.71 bits per heavy atom. The summed E-state index contributed by atoms with van der Waals surface area (Å²) in [5.41, 5.74) is 0. The first-order chi connectivity index (χ1) is 9.62. The summed E-state index contributed by atoms with van der Waals surface area (Å²) in [7, 11) is -1.70. The van der Waals surface area contributed by atoms with Crippen molar-refractivity contribution in [2.75, 3.05) is 13.2 Å². The molecule has 0 unspecified atom stereocenters. The maximum absolute atomic E-state index is 6.07. The highest BCUT2D eigenvalue weighted by Crippen LogP contribution is 2.36. The fraction of sp³-hybridized carbons (Fsp3) is 0.688. The number of hydrogen-bond acceptors (Lipinski definition) is 4. The number of nitrogens with zero attached hydrogens (tertiary/aromatic N) is 1. The van der Waals surface area contributed by atoms with Gasteiger partial charge < -0.3 is 13.9 Å². The van der Waals surface area contributed by atoms with Gasteiger partial charge in [-0.05, 0) is 32.0 Å². The van der Waals surface area contributed by atoms with E-state index in [0.29, 0.717) is 19.0 Å². The minimum absolute atomic E-state index is 0.129. The average molecular weight is 311 g/mol. The molecule has 5 heteroatoms. The Bertz CT molecular complexity index is 441. The quantitative estimate of drug-likeness (QED) is 0.557. The number of rotatable bonds is 7. The maximum Gasteiger partial charge on any atom is 0.192 e. The van der Waals surface area contributed by atoms with Gasteiger partial charge in [0.2, 0.25) is 0 Å². The lowest BCUT2D eigenvalue weighted by molar-refractivity contribution is 0.201. The minimum Gasteiger partial charge on any atom is -0.489 e. The fourth-order valence-corrected chi connectivity index (χ4v) is 2.51. The molecule has 1 rings (SSSR count). The van der Waals surface area contributed by atoms with Crippen molar-refractivity contribution in [3.63, 3.8) is 0 Å². The molecule has 0 fully saturated rings. The largest absolute Gasteiger partial charge is 0.489 e. The average Bonchev–Trinajstić information content (AvgIpc) is 2.33. The zero-order valence-electron chi connectivity index (χ0n) is 14.4. The van der Waals surface area contributed by atoms with E-state index in [9.17, 15) is 0 Å². The Balaban J connectivity index is 2.43. The molecular weight excluding hydrogens is 282 g/mol. The van der Waals surface area contributed by atoms with E-state index in [2.05, 4.69) is 38.8 Å². The van der Waals surface area contributed by atoms with Crippen LogP contribution < -0.4 is 9.47 Å². The van der Waals surface area contributed by atoms with E-state index in [1.807, 2.05) is 19.9 Å². The summed E-state index contributed by atoms with van der Waals surface area (Å²) in [6, 6.07) is 1.86. The minimum atomic E-state index is -1.70. The van der Waals surface area contributed by atoms with Crippen molar-refractivity contribution in [2.45, 2.75) is 58.9 Å². The Morgan fingerprint density at radius 3 is 2.29 bits per heavy atom. The van der Waals surface area contributed by atoms with Crippen molar-refractivity contribution < 1.29 is 13.9 Å². The molecule has 0 radical (unpaired) electrons. The molecule has 1 heterocycles. The van der Waals surface area contributed by atoms with Gasteiger partial charge in [-0.15, -0.1) is 0 Å². The molecule has 21 heavy (non-hydrogen) atoms. The SMILES string of the molecule is CC(C)Oc1cncc(OCCO[Si](C)(C)C(C)(C)C)c1. The molecular formula is C16H29NO3Si. The van der Waals surface area contributed by atoms with Crippen molar-refractivity contribution in [3.05, 3.63) is 18.5 Å². The summed E-state index contributed by atoms with van der Waals surface area (Å²) < 4.78 is 17.4. The van der Waals surface area contributed by atoms with Crippen molar-refractivity contribution in [3.8, 4) is 11.5 Å². The third-order valence-electron chi connectivity index (χ3n) is 3.68. The smallest absolute Gasteiger partial charge is 0.192 e. The highest BCUT2D eigenvalue weighted by Gasteiger charge is 2.36. The van der Waals surface area contributed by atoms with Crippen LogP contribution in [0.4, 0.5) is 0 Å². The first kappa shape index (κ1) is 18.0. The van der Waals surface area contributed by atoms with Crippen LogP contribution in [0.5, 0.6) is 11.5 Å². The van der Waals surface area contributed by atoms with E-state index >= 15 is 0 Å². The summed E-state index contributed by atoms with van der Waals surface area (Å²) >= 11 is 0. The molecule has 0 aliphatic carbocycles. The standard InChI is InChI=1S/C16H29NO3Si/c1-13(2)20-15-10-14(11-17-12-15)18-8-9-19-21(6,7)16(3,4)5/h10-13H,8-9H2,1-7H3. The molecule has 0 amide bonds. The van der Waals surface area contributed by atoms with E-state index in [-0.39, 0.29) is 11.1 Å². The number of ether oxygens (including phenoxy) is 2. The molecule has 0 aromatic carbocycles. The summed E-state index contributed by atoms with van der Waals surface area (Å²) in [6.07, 6.45) is 3.52. The third kappa shape index (κ3) is 6.05. The molecule has 4 nitrogen and oxygen atoms in total.